The molecule has 1 atom stereocenters. The molecule has 0 amide bonds. The molecule has 0 saturated heterocycles. The highest BCUT2D eigenvalue weighted by Gasteiger charge is 2.24. The Kier molecular flexibility index (Phi) is 5.18. The summed E-state index contributed by atoms with van der Waals surface area (Å²) in [5, 5.41) is 11.8. The largest absolute Gasteiger partial charge is 0.304 e. The maximum Gasteiger partial charge on any atom is 0.0945 e. The van der Waals surface area contributed by atoms with Crippen molar-refractivity contribution in [2.45, 2.75) is 46.2 Å². The molecule has 2 aromatic heterocycles. The summed E-state index contributed by atoms with van der Waals surface area (Å²) in [6.07, 6.45) is 2.78. The number of aromatic nitrogens is 3. The molecule has 6 heteroatoms. The third-order valence-corrected chi connectivity index (χ3v) is 4.16. The van der Waals surface area contributed by atoms with Crippen molar-refractivity contribution in [3.63, 3.8) is 0 Å². The monoisotopic (exact) mass is 312 g/mol. The molecule has 0 fully saturated rings. The van der Waals surface area contributed by atoms with Gasteiger partial charge in [0, 0.05) is 11.4 Å². The predicted octanol–water partition coefficient (Wildman–Crippen LogP) is 3.97. The zero-order chi connectivity index (χ0) is 14.7. The minimum Gasteiger partial charge on any atom is -0.304 e. The second-order valence-electron chi connectivity index (χ2n) is 5.09. The molecule has 2 aromatic rings. The van der Waals surface area contributed by atoms with Crippen LogP contribution in [-0.2, 0) is 0 Å². The van der Waals surface area contributed by atoms with Gasteiger partial charge in [-0.1, -0.05) is 18.5 Å². The third kappa shape index (κ3) is 3.22. The number of rotatable bonds is 6. The molecule has 1 unspecified atom stereocenters. The van der Waals surface area contributed by atoms with Gasteiger partial charge in [-0.25, -0.2) is 4.98 Å². The highest BCUT2D eigenvalue weighted by Crippen LogP contribution is 2.30. The van der Waals surface area contributed by atoms with Gasteiger partial charge in [0.2, 0.25) is 0 Å². The fourth-order valence-electron chi connectivity index (χ4n) is 2.18. The van der Waals surface area contributed by atoms with Gasteiger partial charge in [0.15, 0.2) is 0 Å². The summed E-state index contributed by atoms with van der Waals surface area (Å²) < 4.78 is 1.98. The van der Waals surface area contributed by atoms with Gasteiger partial charge < -0.3 is 5.32 Å². The highest BCUT2D eigenvalue weighted by molar-refractivity contribution is 7.09. The van der Waals surface area contributed by atoms with Crippen LogP contribution in [0.4, 0.5) is 0 Å². The molecule has 4 nitrogen and oxygen atoms in total. The summed E-state index contributed by atoms with van der Waals surface area (Å²) in [5.41, 5.74) is 2.02. The molecule has 2 rings (SSSR count). The lowest BCUT2D eigenvalue weighted by molar-refractivity contribution is 0.468. The summed E-state index contributed by atoms with van der Waals surface area (Å²) in [7, 11) is 0. The molecule has 0 aromatic carbocycles. The first kappa shape index (κ1) is 15.5. The molecule has 0 bridgehead atoms. The predicted molar refractivity (Wildman–Crippen MR) is 84.6 cm³/mol. The minimum absolute atomic E-state index is 0.00250. The summed E-state index contributed by atoms with van der Waals surface area (Å²) in [4.78, 5) is 4.62. The van der Waals surface area contributed by atoms with Crippen molar-refractivity contribution in [1.82, 2.24) is 20.1 Å². The number of hydrogen-bond acceptors (Lipinski definition) is 4. The van der Waals surface area contributed by atoms with Crippen molar-refractivity contribution in [1.29, 1.82) is 0 Å². The smallest absolute Gasteiger partial charge is 0.0945 e. The van der Waals surface area contributed by atoms with Crippen LogP contribution in [0.2, 0.25) is 5.02 Å². The Bertz CT molecular complexity index is 561. The van der Waals surface area contributed by atoms with Crippen LogP contribution in [0.5, 0.6) is 0 Å². The van der Waals surface area contributed by atoms with Gasteiger partial charge in [-0.2, -0.15) is 5.10 Å². The molecule has 110 valence electrons. The zero-order valence-corrected chi connectivity index (χ0v) is 13.9. The average molecular weight is 313 g/mol. The third-order valence-electron chi connectivity index (χ3n) is 3.08. The van der Waals surface area contributed by atoms with Gasteiger partial charge in [0.1, 0.15) is 0 Å². The van der Waals surface area contributed by atoms with Crippen LogP contribution in [-0.4, -0.2) is 21.3 Å². The Morgan fingerprint density at radius 2 is 2.20 bits per heavy atom. The van der Waals surface area contributed by atoms with Crippen molar-refractivity contribution in [2.75, 3.05) is 6.54 Å². The SMILES string of the molecule is CCCNC(c1csc(C)n1)c1c(Cl)cnn1C(C)C. The molecule has 0 radical (unpaired) electrons. The Hall–Kier alpha value is -0.910. The van der Waals surface area contributed by atoms with E-state index in [4.69, 9.17) is 11.6 Å². The fraction of sp³-hybridized carbons (Fsp3) is 0.571. The average Bonchev–Trinajstić information content (AvgIpc) is 2.98. The first-order chi connectivity index (χ1) is 9.54. The van der Waals surface area contributed by atoms with E-state index in [1.54, 1.807) is 17.5 Å². The quantitative estimate of drug-likeness (QED) is 0.877. The molecule has 0 aliphatic heterocycles. The van der Waals surface area contributed by atoms with E-state index in [2.05, 4.69) is 41.6 Å². The Morgan fingerprint density at radius 3 is 2.75 bits per heavy atom. The molecule has 0 spiro atoms. The molecular weight excluding hydrogens is 292 g/mol. The van der Waals surface area contributed by atoms with Gasteiger partial charge in [-0.05, 0) is 33.7 Å². The summed E-state index contributed by atoms with van der Waals surface area (Å²) in [6.45, 7) is 9.30. The van der Waals surface area contributed by atoms with Crippen molar-refractivity contribution in [3.05, 3.63) is 33.0 Å². The van der Waals surface area contributed by atoms with E-state index in [0.29, 0.717) is 5.02 Å². The van der Waals surface area contributed by atoms with Gasteiger partial charge in [0.05, 0.1) is 33.7 Å². The maximum absolute atomic E-state index is 6.37. The number of nitrogens with one attached hydrogen (secondary N) is 1. The van der Waals surface area contributed by atoms with Gasteiger partial charge in [-0.3, -0.25) is 4.68 Å². The van der Waals surface area contributed by atoms with Gasteiger partial charge in [0.25, 0.3) is 0 Å². The van der Waals surface area contributed by atoms with Crippen molar-refractivity contribution < 1.29 is 0 Å². The Labute approximate surface area is 129 Å². The molecule has 0 aliphatic carbocycles. The van der Waals surface area contributed by atoms with Crippen molar-refractivity contribution in [3.8, 4) is 0 Å². The van der Waals surface area contributed by atoms with Gasteiger partial charge >= 0.3 is 0 Å². The molecule has 0 saturated carbocycles. The molecular formula is C14H21ClN4S. The number of halogens is 1. The second-order valence-corrected chi connectivity index (χ2v) is 6.56. The lowest BCUT2D eigenvalue weighted by atomic mass is 10.1. The maximum atomic E-state index is 6.37. The molecule has 0 aliphatic rings. The number of hydrogen-bond donors (Lipinski definition) is 1. The van der Waals surface area contributed by atoms with E-state index in [-0.39, 0.29) is 12.1 Å². The highest BCUT2D eigenvalue weighted by atomic mass is 35.5. The second kappa shape index (κ2) is 6.70. The Morgan fingerprint density at radius 1 is 1.45 bits per heavy atom. The van der Waals surface area contributed by atoms with Crippen LogP contribution in [0.1, 0.15) is 55.7 Å². The lowest BCUT2D eigenvalue weighted by Gasteiger charge is -2.20. The van der Waals surface area contributed by atoms with Crippen LogP contribution in [0, 0.1) is 6.92 Å². The summed E-state index contributed by atoms with van der Waals surface area (Å²) in [5.74, 6) is 0. The molecule has 1 N–H and O–H groups in total. The van der Waals surface area contributed by atoms with Gasteiger partial charge in [-0.15, -0.1) is 11.3 Å². The summed E-state index contributed by atoms with van der Waals surface area (Å²) >= 11 is 8.03. The van der Waals surface area contributed by atoms with E-state index in [1.165, 1.54) is 0 Å². The van der Waals surface area contributed by atoms with E-state index >= 15 is 0 Å². The van der Waals surface area contributed by atoms with E-state index in [0.717, 1.165) is 29.4 Å². The van der Waals surface area contributed by atoms with Crippen LogP contribution in [0.15, 0.2) is 11.6 Å². The van der Waals surface area contributed by atoms with Crippen LogP contribution in [0.3, 0.4) is 0 Å². The van der Waals surface area contributed by atoms with E-state index in [9.17, 15) is 0 Å². The summed E-state index contributed by atoms with van der Waals surface area (Å²) in [6, 6.07) is 0.264. The van der Waals surface area contributed by atoms with Crippen molar-refractivity contribution in [2.24, 2.45) is 0 Å². The topological polar surface area (TPSA) is 42.7 Å². The Balaban J connectivity index is 2.43. The number of thiazole rings is 1. The number of aryl methyl sites for hydroxylation is 1. The first-order valence-electron chi connectivity index (χ1n) is 6.92. The first-order valence-corrected chi connectivity index (χ1v) is 8.18. The standard InChI is InChI=1S/C14H21ClN4S/c1-5-6-16-13(12-8-20-10(4)18-12)14-11(15)7-17-19(14)9(2)3/h7-9,13,16H,5-6H2,1-4H3. The van der Waals surface area contributed by atoms with Crippen LogP contribution in [0.25, 0.3) is 0 Å². The zero-order valence-electron chi connectivity index (χ0n) is 12.4. The number of nitrogens with zero attached hydrogens (tertiary/aromatic N) is 3. The van der Waals surface area contributed by atoms with Crippen LogP contribution >= 0.6 is 22.9 Å². The van der Waals surface area contributed by atoms with E-state index < -0.39 is 0 Å². The normalized spacial score (nSPS) is 13.1. The van der Waals surface area contributed by atoms with E-state index in [1.807, 2.05) is 11.6 Å². The van der Waals surface area contributed by atoms with Crippen molar-refractivity contribution >= 4 is 22.9 Å². The van der Waals surface area contributed by atoms with Crippen LogP contribution < -0.4 is 5.32 Å². The molecule has 2 heterocycles. The minimum atomic E-state index is -0.00250. The fourth-order valence-corrected chi connectivity index (χ4v) is 3.05. The lowest BCUT2D eigenvalue weighted by Crippen LogP contribution is -2.27. The molecule has 20 heavy (non-hydrogen) atoms.